The summed E-state index contributed by atoms with van der Waals surface area (Å²) in [6, 6.07) is 9.53. The number of aryl methyl sites for hydroxylation is 1. The Bertz CT molecular complexity index is 1020. The van der Waals surface area contributed by atoms with Crippen LogP contribution in [0.3, 0.4) is 0 Å². The molecule has 1 aliphatic rings. The molecule has 0 atom stereocenters. The fourth-order valence-electron chi connectivity index (χ4n) is 3.09. The average Bonchev–Trinajstić information content (AvgIpc) is 3.29. The van der Waals surface area contributed by atoms with Crippen LogP contribution in [0.25, 0.3) is 11.3 Å². The number of alkyl halides is 1. The fraction of sp³-hybridized carbons (Fsp3) is 0.263. The molecule has 1 aliphatic heterocycles. The van der Waals surface area contributed by atoms with E-state index in [1.807, 2.05) is 6.07 Å². The van der Waals surface area contributed by atoms with E-state index in [4.69, 9.17) is 4.74 Å². The smallest absolute Gasteiger partial charge is 0.254 e. The largest absolute Gasteiger partial charge is 0.471 e. The summed E-state index contributed by atoms with van der Waals surface area (Å²) in [7, 11) is 1.75. The Morgan fingerprint density at radius 2 is 1.96 bits per heavy atom. The molecule has 0 saturated heterocycles. The maximum atomic E-state index is 13.2. The maximum Gasteiger partial charge on any atom is 0.254 e. The van der Waals surface area contributed by atoms with Crippen LogP contribution in [0, 0.1) is 5.82 Å². The van der Waals surface area contributed by atoms with Crippen LogP contribution in [0.4, 0.5) is 8.78 Å². The number of amides is 1. The van der Waals surface area contributed by atoms with Gasteiger partial charge in [0.25, 0.3) is 5.91 Å². The third-order valence-corrected chi connectivity index (χ3v) is 4.63. The zero-order valence-corrected chi connectivity index (χ0v) is 15.1. The molecule has 1 aromatic carbocycles. The Labute approximate surface area is 159 Å². The van der Waals surface area contributed by atoms with Crippen LogP contribution in [0.1, 0.15) is 17.0 Å². The van der Waals surface area contributed by atoms with Gasteiger partial charge in [-0.05, 0) is 35.9 Å². The van der Waals surface area contributed by atoms with Gasteiger partial charge in [0.2, 0.25) is 5.88 Å². The van der Waals surface area contributed by atoms with Crippen molar-refractivity contribution >= 4 is 5.91 Å². The lowest BCUT2D eigenvalue weighted by Crippen LogP contribution is -2.26. The molecule has 0 fully saturated rings. The number of carbonyl (C=O) groups excluding carboxylic acids is 1. The number of ether oxygens (including phenoxy) is 1. The SMILES string of the molecule is Cn1nnc(-c2ccc(F)cc2)c1COc1ccc2c(n1)CN(C(=O)CF)C2. The third-order valence-electron chi connectivity index (χ3n) is 4.63. The number of carbonyl (C=O) groups is 1. The van der Waals surface area contributed by atoms with E-state index in [-0.39, 0.29) is 19.0 Å². The summed E-state index contributed by atoms with van der Waals surface area (Å²) in [5, 5.41) is 8.15. The minimum absolute atomic E-state index is 0.162. The van der Waals surface area contributed by atoms with Crippen LogP contribution in [-0.4, -0.2) is 37.5 Å². The molecule has 0 bridgehead atoms. The first-order valence-electron chi connectivity index (χ1n) is 8.65. The Kier molecular flexibility index (Phi) is 4.72. The lowest BCUT2D eigenvalue weighted by atomic mass is 10.1. The van der Waals surface area contributed by atoms with Gasteiger partial charge in [-0.3, -0.25) is 4.79 Å². The average molecular weight is 385 g/mol. The summed E-state index contributed by atoms with van der Waals surface area (Å²) >= 11 is 0. The molecule has 28 heavy (non-hydrogen) atoms. The lowest BCUT2D eigenvalue weighted by molar-refractivity contribution is -0.132. The minimum Gasteiger partial charge on any atom is -0.471 e. The molecule has 0 N–H and O–H groups in total. The van der Waals surface area contributed by atoms with Crippen LogP contribution in [0.15, 0.2) is 36.4 Å². The van der Waals surface area contributed by atoms with Gasteiger partial charge >= 0.3 is 0 Å². The number of hydrogen-bond donors (Lipinski definition) is 0. The normalized spacial score (nSPS) is 12.9. The van der Waals surface area contributed by atoms with Crippen molar-refractivity contribution < 1.29 is 18.3 Å². The minimum atomic E-state index is -1.02. The van der Waals surface area contributed by atoms with E-state index in [0.717, 1.165) is 11.1 Å². The predicted octanol–water partition coefficient (Wildman–Crippen LogP) is 2.41. The first-order chi connectivity index (χ1) is 13.5. The van der Waals surface area contributed by atoms with E-state index in [1.54, 1.807) is 29.9 Å². The Balaban J connectivity index is 1.50. The number of benzene rings is 1. The number of nitrogens with zero attached hydrogens (tertiary/aromatic N) is 5. The van der Waals surface area contributed by atoms with Gasteiger partial charge in [-0.1, -0.05) is 5.21 Å². The highest BCUT2D eigenvalue weighted by Crippen LogP contribution is 2.25. The summed E-state index contributed by atoms with van der Waals surface area (Å²) in [5.74, 6) is -0.488. The molecule has 7 nitrogen and oxygen atoms in total. The van der Waals surface area contributed by atoms with Crippen molar-refractivity contribution in [2.45, 2.75) is 19.7 Å². The van der Waals surface area contributed by atoms with Crippen molar-refractivity contribution in [3.8, 4) is 17.1 Å². The van der Waals surface area contributed by atoms with Crippen LogP contribution in [-0.2, 0) is 31.5 Å². The van der Waals surface area contributed by atoms with Crippen LogP contribution in [0.5, 0.6) is 5.88 Å². The number of fused-ring (bicyclic) bond motifs is 1. The van der Waals surface area contributed by atoms with Gasteiger partial charge in [-0.2, -0.15) is 0 Å². The summed E-state index contributed by atoms with van der Waals surface area (Å²) in [6.45, 7) is -0.235. The monoisotopic (exact) mass is 385 g/mol. The molecule has 1 amide bonds. The van der Waals surface area contributed by atoms with E-state index < -0.39 is 12.6 Å². The van der Waals surface area contributed by atoms with Crippen LogP contribution < -0.4 is 4.74 Å². The van der Waals surface area contributed by atoms with Gasteiger partial charge < -0.3 is 9.64 Å². The Morgan fingerprint density at radius 1 is 1.18 bits per heavy atom. The number of aromatic nitrogens is 4. The second kappa shape index (κ2) is 7.34. The summed E-state index contributed by atoms with van der Waals surface area (Å²) in [6.07, 6.45) is 0. The Morgan fingerprint density at radius 3 is 2.71 bits per heavy atom. The van der Waals surface area contributed by atoms with E-state index in [9.17, 15) is 13.6 Å². The van der Waals surface area contributed by atoms with Crippen LogP contribution >= 0.6 is 0 Å². The van der Waals surface area contributed by atoms with Gasteiger partial charge in [0.1, 0.15) is 23.8 Å². The van der Waals surface area contributed by atoms with E-state index in [2.05, 4.69) is 15.3 Å². The quantitative estimate of drug-likeness (QED) is 0.674. The van der Waals surface area contributed by atoms with Crippen LogP contribution in [0.2, 0.25) is 0 Å². The zero-order valence-electron chi connectivity index (χ0n) is 15.1. The topological polar surface area (TPSA) is 73.1 Å². The van der Waals surface area contributed by atoms with Crippen molar-refractivity contribution in [1.29, 1.82) is 0 Å². The highest BCUT2D eigenvalue weighted by Gasteiger charge is 2.25. The number of pyridine rings is 1. The summed E-state index contributed by atoms with van der Waals surface area (Å²) < 4.78 is 33.1. The second-order valence-corrected chi connectivity index (χ2v) is 6.44. The molecule has 3 heterocycles. The molecular weight excluding hydrogens is 368 g/mol. The van der Waals surface area contributed by atoms with E-state index in [0.29, 0.717) is 29.5 Å². The molecule has 4 rings (SSSR count). The maximum absolute atomic E-state index is 13.2. The first kappa shape index (κ1) is 18.0. The molecule has 0 spiro atoms. The molecule has 3 aromatic rings. The predicted molar refractivity (Wildman–Crippen MR) is 95.2 cm³/mol. The van der Waals surface area contributed by atoms with E-state index >= 15 is 0 Å². The highest BCUT2D eigenvalue weighted by molar-refractivity contribution is 5.77. The third kappa shape index (κ3) is 3.42. The lowest BCUT2D eigenvalue weighted by Gasteiger charge is -2.11. The van der Waals surface area contributed by atoms with Gasteiger partial charge in [-0.25, -0.2) is 18.4 Å². The first-order valence-corrected chi connectivity index (χ1v) is 8.65. The number of halogens is 2. The Hall–Kier alpha value is -3.36. The molecular formula is C19H17F2N5O2. The second-order valence-electron chi connectivity index (χ2n) is 6.44. The van der Waals surface area contributed by atoms with Crippen molar-refractivity contribution in [2.24, 2.45) is 7.05 Å². The van der Waals surface area contributed by atoms with Crippen molar-refractivity contribution in [2.75, 3.05) is 6.67 Å². The number of hydrogen-bond acceptors (Lipinski definition) is 5. The van der Waals surface area contributed by atoms with Crippen molar-refractivity contribution in [3.05, 3.63) is 59.2 Å². The molecule has 0 saturated carbocycles. The van der Waals surface area contributed by atoms with Gasteiger partial charge in [-0.15, -0.1) is 5.10 Å². The van der Waals surface area contributed by atoms with Gasteiger partial charge in [0.15, 0.2) is 6.67 Å². The molecule has 144 valence electrons. The zero-order chi connectivity index (χ0) is 19.7. The fourth-order valence-corrected chi connectivity index (χ4v) is 3.09. The molecule has 9 heteroatoms. The molecule has 0 radical (unpaired) electrons. The van der Waals surface area contributed by atoms with Gasteiger partial charge in [0, 0.05) is 25.2 Å². The summed E-state index contributed by atoms with van der Waals surface area (Å²) in [5.41, 5.74) is 3.62. The molecule has 2 aromatic heterocycles. The van der Waals surface area contributed by atoms with Crippen molar-refractivity contribution in [1.82, 2.24) is 24.9 Å². The van der Waals surface area contributed by atoms with E-state index in [1.165, 1.54) is 17.0 Å². The molecule has 0 aliphatic carbocycles. The van der Waals surface area contributed by atoms with Gasteiger partial charge in [0.05, 0.1) is 12.2 Å². The standard InChI is InChI=1S/C19H17F2N5O2/c1-25-16(19(23-24-25)12-2-5-14(21)6-3-12)11-28-17-7-4-13-9-26(18(27)8-20)10-15(13)22-17/h2-7H,8-11H2,1H3. The van der Waals surface area contributed by atoms with Crippen molar-refractivity contribution in [3.63, 3.8) is 0 Å². The molecule has 0 unspecified atom stereocenters. The number of rotatable bonds is 5. The highest BCUT2D eigenvalue weighted by atomic mass is 19.1. The summed E-state index contributed by atoms with van der Waals surface area (Å²) in [4.78, 5) is 17.4.